The minimum absolute atomic E-state index is 0.184. The van der Waals surface area contributed by atoms with Gasteiger partial charge < -0.3 is 0 Å². The van der Waals surface area contributed by atoms with E-state index in [9.17, 15) is 13.2 Å². The van der Waals surface area contributed by atoms with Crippen molar-refractivity contribution in [3.63, 3.8) is 0 Å². The lowest BCUT2D eigenvalue weighted by Crippen LogP contribution is -2.53. The molecule has 1 saturated heterocycles. The Labute approximate surface area is 213 Å². The Bertz CT molecular complexity index is 1310. The standard InChI is InChI=1S/C31H29NO3S/c33-30(24-36(34,35)28-20-11-4-12-21-28)29-22-13-23-32(29)31(25-14-5-1-6-15-25,26-16-7-2-8-17-26)27-18-9-3-10-19-27/h1-12,14-21,29H,13,22-24H2/t29-/m0/s1. The van der Waals surface area contributed by atoms with Crippen molar-refractivity contribution in [1.29, 1.82) is 0 Å². The number of carbonyl (C=O) groups is 1. The molecule has 1 atom stereocenters. The zero-order valence-corrected chi connectivity index (χ0v) is 20.8. The number of hydrogen-bond acceptors (Lipinski definition) is 4. The van der Waals surface area contributed by atoms with Crippen LogP contribution >= 0.6 is 0 Å². The quantitative estimate of drug-likeness (QED) is 0.304. The zero-order chi connectivity index (χ0) is 25.0. The van der Waals surface area contributed by atoms with Crippen molar-refractivity contribution in [3.05, 3.63) is 138 Å². The van der Waals surface area contributed by atoms with Crippen LogP contribution in [0.4, 0.5) is 0 Å². The Morgan fingerprint density at radius 2 is 1.11 bits per heavy atom. The van der Waals surface area contributed by atoms with Crippen LogP contribution in [0, 0.1) is 0 Å². The number of benzene rings is 4. The van der Waals surface area contributed by atoms with E-state index in [1.54, 1.807) is 30.3 Å². The molecule has 4 aromatic rings. The first-order valence-corrected chi connectivity index (χ1v) is 13.9. The van der Waals surface area contributed by atoms with Gasteiger partial charge >= 0.3 is 0 Å². The van der Waals surface area contributed by atoms with E-state index in [0.717, 1.165) is 23.1 Å². The Morgan fingerprint density at radius 3 is 1.56 bits per heavy atom. The summed E-state index contributed by atoms with van der Waals surface area (Å²) in [5, 5.41) is 0. The molecule has 1 heterocycles. The van der Waals surface area contributed by atoms with Gasteiger partial charge in [0.2, 0.25) is 0 Å². The monoisotopic (exact) mass is 495 g/mol. The van der Waals surface area contributed by atoms with E-state index in [1.165, 1.54) is 0 Å². The Hall–Kier alpha value is -3.54. The summed E-state index contributed by atoms with van der Waals surface area (Å²) < 4.78 is 26.3. The molecule has 1 aliphatic rings. The van der Waals surface area contributed by atoms with Crippen molar-refractivity contribution < 1.29 is 13.2 Å². The minimum Gasteiger partial charge on any atom is -0.297 e. The molecule has 0 spiro atoms. The second-order valence-electron chi connectivity index (χ2n) is 9.20. The number of hydrogen-bond donors (Lipinski definition) is 0. The lowest BCUT2D eigenvalue weighted by atomic mass is 9.75. The number of likely N-dealkylation sites (tertiary alicyclic amines) is 1. The van der Waals surface area contributed by atoms with E-state index in [1.807, 2.05) is 54.6 Å². The minimum atomic E-state index is -3.74. The molecule has 1 aliphatic heterocycles. The van der Waals surface area contributed by atoms with Gasteiger partial charge in [0.25, 0.3) is 0 Å². The molecule has 5 heteroatoms. The van der Waals surface area contributed by atoms with Crippen LogP contribution in [0.15, 0.2) is 126 Å². The highest BCUT2D eigenvalue weighted by Gasteiger charge is 2.49. The fraction of sp³-hybridized carbons (Fsp3) is 0.194. The first-order chi connectivity index (χ1) is 17.5. The summed E-state index contributed by atoms with van der Waals surface area (Å²) >= 11 is 0. The van der Waals surface area contributed by atoms with Crippen LogP contribution in [0.2, 0.25) is 0 Å². The van der Waals surface area contributed by atoms with Crippen molar-refractivity contribution in [3.8, 4) is 0 Å². The van der Waals surface area contributed by atoms with E-state index in [-0.39, 0.29) is 10.7 Å². The van der Waals surface area contributed by atoms with E-state index in [0.29, 0.717) is 13.0 Å². The molecule has 5 rings (SSSR count). The number of Topliss-reactive ketones (excluding diaryl/α,β-unsaturated/α-hetero) is 1. The maximum Gasteiger partial charge on any atom is 0.185 e. The predicted octanol–water partition coefficient (Wildman–Crippen LogP) is 5.49. The van der Waals surface area contributed by atoms with Crippen LogP contribution in [0.3, 0.4) is 0 Å². The molecule has 4 aromatic carbocycles. The third-order valence-electron chi connectivity index (χ3n) is 7.06. The average Bonchev–Trinajstić information content (AvgIpc) is 3.42. The lowest BCUT2D eigenvalue weighted by molar-refractivity contribution is -0.122. The third kappa shape index (κ3) is 4.41. The van der Waals surface area contributed by atoms with Crippen molar-refractivity contribution >= 4 is 15.6 Å². The van der Waals surface area contributed by atoms with Gasteiger partial charge in [-0.25, -0.2) is 8.42 Å². The highest BCUT2D eigenvalue weighted by Crippen LogP contribution is 2.46. The Morgan fingerprint density at radius 1 is 0.694 bits per heavy atom. The van der Waals surface area contributed by atoms with Crippen LogP contribution in [0.25, 0.3) is 0 Å². The Balaban J connectivity index is 1.64. The van der Waals surface area contributed by atoms with E-state index < -0.39 is 27.2 Å². The highest BCUT2D eigenvalue weighted by atomic mass is 32.2. The summed E-state index contributed by atoms with van der Waals surface area (Å²) in [4.78, 5) is 16.2. The van der Waals surface area contributed by atoms with Gasteiger partial charge in [0.1, 0.15) is 5.75 Å². The van der Waals surface area contributed by atoms with Gasteiger partial charge in [0.15, 0.2) is 15.6 Å². The number of nitrogens with zero attached hydrogens (tertiary/aromatic N) is 1. The summed E-state index contributed by atoms with van der Waals surface area (Å²) in [6.07, 6.45) is 1.44. The first kappa shape index (κ1) is 24.2. The van der Waals surface area contributed by atoms with Gasteiger partial charge in [-0.3, -0.25) is 9.69 Å². The average molecular weight is 496 g/mol. The first-order valence-electron chi connectivity index (χ1n) is 12.3. The molecular weight excluding hydrogens is 466 g/mol. The molecule has 0 aromatic heterocycles. The van der Waals surface area contributed by atoms with Crippen molar-refractivity contribution in [2.45, 2.75) is 29.3 Å². The van der Waals surface area contributed by atoms with E-state index in [2.05, 4.69) is 41.3 Å². The topological polar surface area (TPSA) is 54.5 Å². The second-order valence-corrected chi connectivity index (χ2v) is 11.2. The van der Waals surface area contributed by atoms with Gasteiger partial charge in [-0.15, -0.1) is 0 Å². The smallest absolute Gasteiger partial charge is 0.185 e. The molecule has 4 nitrogen and oxygen atoms in total. The van der Waals surface area contributed by atoms with Crippen LogP contribution in [0.1, 0.15) is 29.5 Å². The Kier molecular flexibility index (Phi) is 6.86. The van der Waals surface area contributed by atoms with Crippen molar-refractivity contribution in [1.82, 2.24) is 4.90 Å². The number of ketones is 1. The molecule has 0 bridgehead atoms. The third-order valence-corrected chi connectivity index (χ3v) is 8.72. The maximum atomic E-state index is 13.8. The SMILES string of the molecule is O=C(CS(=O)(=O)c1ccccc1)[C@@H]1CCCN1C(c1ccccc1)(c1ccccc1)c1ccccc1. The molecule has 182 valence electrons. The summed E-state index contributed by atoms with van der Waals surface area (Å²) in [6.45, 7) is 0.681. The fourth-order valence-corrected chi connectivity index (χ4v) is 6.84. The number of carbonyl (C=O) groups excluding carboxylic acids is 1. The largest absolute Gasteiger partial charge is 0.297 e. The molecule has 0 saturated carbocycles. The summed E-state index contributed by atoms with van der Waals surface area (Å²) in [5.41, 5.74) is 2.41. The van der Waals surface area contributed by atoms with Gasteiger partial charge in [-0.1, -0.05) is 109 Å². The fourth-order valence-electron chi connectivity index (χ4n) is 5.53. The molecule has 0 radical (unpaired) electrons. The number of rotatable bonds is 8. The lowest BCUT2D eigenvalue weighted by Gasteiger charge is -2.46. The molecule has 36 heavy (non-hydrogen) atoms. The predicted molar refractivity (Wildman–Crippen MR) is 142 cm³/mol. The normalized spacial score (nSPS) is 16.6. The van der Waals surface area contributed by atoms with Crippen LogP contribution in [-0.4, -0.2) is 37.4 Å². The summed E-state index contributed by atoms with van der Waals surface area (Å²) in [6, 6.07) is 38.4. The molecular formula is C31H29NO3S. The van der Waals surface area contributed by atoms with Crippen molar-refractivity contribution in [2.75, 3.05) is 12.3 Å². The summed E-state index contributed by atoms with van der Waals surface area (Å²) in [5.74, 6) is -0.768. The molecule has 0 unspecified atom stereocenters. The van der Waals surface area contributed by atoms with Crippen LogP contribution in [0.5, 0.6) is 0 Å². The molecule has 0 amide bonds. The maximum absolute atomic E-state index is 13.8. The van der Waals surface area contributed by atoms with Crippen LogP contribution < -0.4 is 0 Å². The zero-order valence-electron chi connectivity index (χ0n) is 20.0. The van der Waals surface area contributed by atoms with Gasteiger partial charge in [0, 0.05) is 6.54 Å². The molecule has 0 aliphatic carbocycles. The van der Waals surface area contributed by atoms with Crippen molar-refractivity contribution in [2.24, 2.45) is 0 Å². The van der Waals surface area contributed by atoms with Gasteiger partial charge in [-0.05, 0) is 41.7 Å². The van der Waals surface area contributed by atoms with E-state index in [4.69, 9.17) is 0 Å². The molecule has 0 N–H and O–H groups in total. The van der Waals surface area contributed by atoms with Gasteiger partial charge in [-0.2, -0.15) is 0 Å². The highest BCUT2D eigenvalue weighted by molar-refractivity contribution is 7.92. The van der Waals surface area contributed by atoms with E-state index >= 15 is 0 Å². The molecule has 1 fully saturated rings. The van der Waals surface area contributed by atoms with Gasteiger partial charge in [0.05, 0.1) is 16.5 Å². The van der Waals surface area contributed by atoms with Crippen LogP contribution in [-0.2, 0) is 20.2 Å². The number of sulfone groups is 1. The summed E-state index contributed by atoms with van der Waals surface area (Å²) in [7, 11) is -3.74. The second kappa shape index (κ2) is 10.2.